The number of rotatable bonds is 3. The zero-order valence-electron chi connectivity index (χ0n) is 13.1. The largest absolute Gasteiger partial charge is 0.371 e. The van der Waals surface area contributed by atoms with E-state index in [9.17, 15) is 4.79 Å². The summed E-state index contributed by atoms with van der Waals surface area (Å²) in [5.74, 6) is 0.189. The number of anilines is 1. The molecule has 0 radical (unpaired) electrons. The van der Waals surface area contributed by atoms with Gasteiger partial charge in [-0.3, -0.25) is 4.79 Å². The summed E-state index contributed by atoms with van der Waals surface area (Å²) in [6.07, 6.45) is 2.54. The topological polar surface area (TPSA) is 23.6 Å². The average Bonchev–Trinajstić information content (AvgIpc) is 2.91. The molecule has 0 unspecified atom stereocenters. The average molecular weight is 274 g/mol. The summed E-state index contributed by atoms with van der Waals surface area (Å²) in [4.78, 5) is 16.6. The molecule has 1 aromatic carbocycles. The normalized spacial score (nSPS) is 15.5. The highest BCUT2D eigenvalue weighted by Crippen LogP contribution is 2.26. The fourth-order valence-electron chi connectivity index (χ4n) is 2.81. The Bertz CT molecular complexity index is 470. The van der Waals surface area contributed by atoms with E-state index in [4.69, 9.17) is 0 Å². The van der Waals surface area contributed by atoms with Crippen LogP contribution in [0.2, 0.25) is 0 Å². The van der Waals surface area contributed by atoms with Crippen LogP contribution >= 0.6 is 0 Å². The molecule has 2 rings (SSSR count). The molecule has 0 N–H and O–H groups in total. The van der Waals surface area contributed by atoms with E-state index in [1.165, 1.54) is 24.1 Å². The van der Waals surface area contributed by atoms with Gasteiger partial charge >= 0.3 is 0 Å². The van der Waals surface area contributed by atoms with Gasteiger partial charge in [0.15, 0.2) is 0 Å². The first-order valence-electron chi connectivity index (χ1n) is 7.48. The summed E-state index contributed by atoms with van der Waals surface area (Å²) < 4.78 is 0. The number of benzene rings is 1. The van der Waals surface area contributed by atoms with E-state index in [0.29, 0.717) is 6.54 Å². The first-order valence-corrected chi connectivity index (χ1v) is 7.48. The lowest BCUT2D eigenvalue weighted by molar-refractivity contribution is -0.138. The molecule has 0 spiro atoms. The number of hydrogen-bond acceptors (Lipinski definition) is 2. The van der Waals surface area contributed by atoms with E-state index >= 15 is 0 Å². The van der Waals surface area contributed by atoms with Gasteiger partial charge in [-0.25, -0.2) is 0 Å². The number of amides is 1. The molecule has 20 heavy (non-hydrogen) atoms. The highest BCUT2D eigenvalue weighted by Gasteiger charge is 2.25. The van der Waals surface area contributed by atoms with Crippen molar-refractivity contribution in [3.8, 4) is 0 Å². The maximum Gasteiger partial charge on any atom is 0.227 e. The second-order valence-corrected chi connectivity index (χ2v) is 6.73. The van der Waals surface area contributed by atoms with Crippen molar-refractivity contribution in [1.29, 1.82) is 0 Å². The van der Waals surface area contributed by atoms with Gasteiger partial charge in [0.1, 0.15) is 0 Å². The van der Waals surface area contributed by atoms with Crippen LogP contribution in [-0.4, -0.2) is 30.9 Å². The minimum atomic E-state index is -0.322. The second-order valence-electron chi connectivity index (χ2n) is 6.73. The van der Waals surface area contributed by atoms with E-state index in [1.807, 2.05) is 32.7 Å². The van der Waals surface area contributed by atoms with Gasteiger partial charge < -0.3 is 9.80 Å². The molecule has 0 aromatic heterocycles. The third kappa shape index (κ3) is 3.33. The molecule has 0 bridgehead atoms. The molecule has 1 aliphatic heterocycles. The number of hydrogen-bond donors (Lipinski definition) is 0. The van der Waals surface area contributed by atoms with Crippen LogP contribution in [0.15, 0.2) is 24.3 Å². The molecular weight excluding hydrogens is 248 g/mol. The lowest BCUT2D eigenvalue weighted by atomic mass is 9.94. The Morgan fingerprint density at radius 1 is 1.20 bits per heavy atom. The van der Waals surface area contributed by atoms with Crippen molar-refractivity contribution < 1.29 is 4.79 Å². The van der Waals surface area contributed by atoms with Gasteiger partial charge in [0.05, 0.1) is 0 Å². The number of carbonyl (C=O) groups is 1. The van der Waals surface area contributed by atoms with Gasteiger partial charge in [0.25, 0.3) is 0 Å². The van der Waals surface area contributed by atoms with E-state index in [-0.39, 0.29) is 11.3 Å². The zero-order chi connectivity index (χ0) is 14.8. The van der Waals surface area contributed by atoms with Crippen molar-refractivity contribution in [2.75, 3.05) is 25.0 Å². The SMILES string of the molecule is CN(Cc1ccccc1N1CCCC1)C(=O)C(C)(C)C. The van der Waals surface area contributed by atoms with E-state index in [0.717, 1.165) is 13.1 Å². The predicted octanol–water partition coefficient (Wildman–Crippen LogP) is 3.29. The van der Waals surface area contributed by atoms with Crippen LogP contribution in [0.4, 0.5) is 5.69 Å². The maximum absolute atomic E-state index is 12.3. The molecule has 1 saturated heterocycles. The van der Waals surface area contributed by atoms with Crippen LogP contribution in [0, 0.1) is 5.41 Å². The standard InChI is InChI=1S/C17H26N2O/c1-17(2,3)16(20)18(4)13-14-9-5-6-10-15(14)19-11-7-8-12-19/h5-6,9-10H,7-8,11-13H2,1-4H3. The number of carbonyl (C=O) groups excluding carboxylic acids is 1. The summed E-state index contributed by atoms with van der Waals surface area (Å²) >= 11 is 0. The van der Waals surface area contributed by atoms with Gasteiger partial charge in [-0.2, -0.15) is 0 Å². The summed E-state index contributed by atoms with van der Waals surface area (Å²) in [7, 11) is 1.90. The van der Waals surface area contributed by atoms with Crippen LogP contribution in [0.5, 0.6) is 0 Å². The highest BCUT2D eigenvalue weighted by atomic mass is 16.2. The molecule has 0 atom stereocenters. The van der Waals surface area contributed by atoms with Crippen LogP contribution in [0.1, 0.15) is 39.2 Å². The molecule has 3 heteroatoms. The van der Waals surface area contributed by atoms with Crippen molar-refractivity contribution in [2.45, 2.75) is 40.2 Å². The Morgan fingerprint density at radius 3 is 2.40 bits per heavy atom. The first kappa shape index (κ1) is 14.9. The quantitative estimate of drug-likeness (QED) is 0.844. The van der Waals surface area contributed by atoms with Gasteiger partial charge in [-0.05, 0) is 24.5 Å². The van der Waals surface area contributed by atoms with Crippen molar-refractivity contribution in [3.05, 3.63) is 29.8 Å². The molecule has 1 aromatic rings. The lowest BCUT2D eigenvalue weighted by Gasteiger charge is -2.28. The van der Waals surface area contributed by atoms with Crippen molar-refractivity contribution >= 4 is 11.6 Å². The van der Waals surface area contributed by atoms with Crippen LogP contribution in [0.25, 0.3) is 0 Å². The molecule has 1 amide bonds. The van der Waals surface area contributed by atoms with Crippen molar-refractivity contribution in [3.63, 3.8) is 0 Å². The van der Waals surface area contributed by atoms with Gasteiger partial charge in [0.2, 0.25) is 5.91 Å². The minimum Gasteiger partial charge on any atom is -0.371 e. The minimum absolute atomic E-state index is 0.189. The Labute approximate surface area is 122 Å². The van der Waals surface area contributed by atoms with Crippen LogP contribution in [-0.2, 0) is 11.3 Å². The second kappa shape index (κ2) is 5.86. The molecule has 1 fully saturated rings. The van der Waals surface area contributed by atoms with Gasteiger partial charge in [-0.1, -0.05) is 39.0 Å². The molecular formula is C17H26N2O. The summed E-state index contributed by atoms with van der Waals surface area (Å²) in [6, 6.07) is 8.46. The fraction of sp³-hybridized carbons (Fsp3) is 0.588. The zero-order valence-corrected chi connectivity index (χ0v) is 13.1. The lowest BCUT2D eigenvalue weighted by Crippen LogP contribution is -2.36. The first-order chi connectivity index (χ1) is 9.39. The maximum atomic E-state index is 12.3. The Kier molecular flexibility index (Phi) is 4.36. The molecule has 110 valence electrons. The molecule has 1 aliphatic rings. The molecule has 1 heterocycles. The van der Waals surface area contributed by atoms with Crippen molar-refractivity contribution in [2.24, 2.45) is 5.41 Å². The third-order valence-corrected chi connectivity index (χ3v) is 3.83. The van der Waals surface area contributed by atoms with Crippen molar-refractivity contribution in [1.82, 2.24) is 4.90 Å². The van der Waals surface area contributed by atoms with Gasteiger partial charge in [0, 0.05) is 37.8 Å². The highest BCUT2D eigenvalue weighted by molar-refractivity contribution is 5.81. The monoisotopic (exact) mass is 274 g/mol. The van der Waals surface area contributed by atoms with E-state index < -0.39 is 0 Å². The molecule has 3 nitrogen and oxygen atoms in total. The fourth-order valence-corrected chi connectivity index (χ4v) is 2.81. The molecule has 0 saturated carbocycles. The van der Waals surface area contributed by atoms with E-state index in [1.54, 1.807) is 0 Å². The Hall–Kier alpha value is -1.51. The Balaban J connectivity index is 2.15. The third-order valence-electron chi connectivity index (χ3n) is 3.83. The van der Waals surface area contributed by atoms with E-state index in [2.05, 4.69) is 29.2 Å². The summed E-state index contributed by atoms with van der Waals surface area (Å²) in [5, 5.41) is 0. The van der Waals surface area contributed by atoms with Crippen LogP contribution < -0.4 is 4.90 Å². The van der Waals surface area contributed by atoms with Gasteiger partial charge in [-0.15, -0.1) is 0 Å². The summed E-state index contributed by atoms with van der Waals surface area (Å²) in [5.41, 5.74) is 2.21. The molecule has 0 aliphatic carbocycles. The smallest absolute Gasteiger partial charge is 0.227 e. The number of para-hydroxylation sites is 1. The number of nitrogens with zero attached hydrogens (tertiary/aromatic N) is 2. The van der Waals surface area contributed by atoms with Crippen LogP contribution in [0.3, 0.4) is 0 Å². The Morgan fingerprint density at radius 2 is 1.80 bits per heavy atom. The predicted molar refractivity (Wildman–Crippen MR) is 83.8 cm³/mol. The summed E-state index contributed by atoms with van der Waals surface area (Å²) in [6.45, 7) is 8.86.